The van der Waals surface area contributed by atoms with E-state index >= 15 is 0 Å². The highest BCUT2D eigenvalue weighted by molar-refractivity contribution is 6.30. The summed E-state index contributed by atoms with van der Waals surface area (Å²) in [4.78, 5) is 11.8. The maximum absolute atomic E-state index is 13.2. The Labute approximate surface area is 117 Å². The van der Waals surface area contributed by atoms with Gasteiger partial charge in [0.15, 0.2) is 0 Å². The minimum atomic E-state index is -0.590. The van der Waals surface area contributed by atoms with Crippen molar-refractivity contribution >= 4 is 23.3 Å². The Hall–Kier alpha value is -1.33. The van der Waals surface area contributed by atoms with Crippen LogP contribution in [-0.2, 0) is 0 Å². The van der Waals surface area contributed by atoms with Crippen LogP contribution in [0.15, 0.2) is 18.2 Å². The summed E-state index contributed by atoms with van der Waals surface area (Å²) >= 11 is 5.56. The summed E-state index contributed by atoms with van der Waals surface area (Å²) in [7, 11) is 0. The van der Waals surface area contributed by atoms with Crippen LogP contribution in [0.5, 0.6) is 0 Å². The van der Waals surface area contributed by atoms with Crippen LogP contribution in [0.2, 0.25) is 5.02 Å². The fourth-order valence-corrected chi connectivity index (χ4v) is 1.70. The average molecular weight is 289 g/mol. The third-order valence-corrected chi connectivity index (χ3v) is 3.34. The van der Waals surface area contributed by atoms with Crippen LogP contribution in [0, 0.1) is 5.82 Å². The van der Waals surface area contributed by atoms with Gasteiger partial charge in [0.25, 0.3) is 0 Å². The number of amides is 2. The molecule has 1 atom stereocenters. The number of urea groups is 1. The van der Waals surface area contributed by atoms with Gasteiger partial charge in [-0.3, -0.25) is 0 Å². The summed E-state index contributed by atoms with van der Waals surface area (Å²) in [6, 6.07) is 3.59. The second-order valence-corrected chi connectivity index (χ2v) is 5.00. The van der Waals surface area contributed by atoms with Crippen LogP contribution in [-0.4, -0.2) is 23.3 Å². The zero-order chi connectivity index (χ0) is 14.5. The fourth-order valence-electron chi connectivity index (χ4n) is 1.58. The van der Waals surface area contributed by atoms with Crippen molar-refractivity contribution in [2.24, 2.45) is 0 Å². The number of benzene rings is 1. The Morgan fingerprint density at radius 3 is 2.74 bits per heavy atom. The molecule has 0 aliphatic carbocycles. The number of carbonyl (C=O) groups excluding carboxylic acids is 1. The molecule has 0 saturated heterocycles. The van der Waals surface area contributed by atoms with Crippen molar-refractivity contribution in [3.05, 3.63) is 29.0 Å². The fraction of sp³-hybridized carbons (Fsp3) is 0.462. The number of anilines is 1. The smallest absolute Gasteiger partial charge is 0.319 e. The van der Waals surface area contributed by atoms with E-state index < -0.39 is 17.4 Å². The number of carbonyl (C=O) groups is 1. The zero-order valence-electron chi connectivity index (χ0n) is 11.0. The van der Waals surface area contributed by atoms with Gasteiger partial charge in [0, 0.05) is 17.8 Å². The maximum atomic E-state index is 13.2. The Balaban J connectivity index is 2.66. The van der Waals surface area contributed by atoms with Gasteiger partial charge in [-0.05, 0) is 38.0 Å². The topological polar surface area (TPSA) is 61.4 Å². The molecular formula is C13H18ClFN2O2. The van der Waals surface area contributed by atoms with Crippen molar-refractivity contribution < 1.29 is 14.3 Å². The SMILES string of the molecule is CCC(C)(CCO)NC(=O)Nc1ccc(Cl)c(F)c1. The highest BCUT2D eigenvalue weighted by Gasteiger charge is 2.23. The summed E-state index contributed by atoms with van der Waals surface area (Å²) < 4.78 is 13.2. The quantitative estimate of drug-likeness (QED) is 0.779. The normalized spacial score (nSPS) is 13.7. The predicted molar refractivity (Wildman–Crippen MR) is 74.0 cm³/mol. The molecule has 2 amide bonds. The second kappa shape index (κ2) is 6.73. The van der Waals surface area contributed by atoms with E-state index in [1.54, 1.807) is 0 Å². The molecule has 0 heterocycles. The van der Waals surface area contributed by atoms with Crippen molar-refractivity contribution in [1.82, 2.24) is 5.32 Å². The van der Waals surface area contributed by atoms with Gasteiger partial charge in [0.05, 0.1) is 5.02 Å². The Kier molecular flexibility index (Phi) is 5.57. The van der Waals surface area contributed by atoms with Gasteiger partial charge in [-0.25, -0.2) is 9.18 Å². The molecule has 1 unspecified atom stereocenters. The van der Waals surface area contributed by atoms with Crippen molar-refractivity contribution in [3.63, 3.8) is 0 Å². The number of hydrogen-bond acceptors (Lipinski definition) is 2. The molecule has 19 heavy (non-hydrogen) atoms. The third kappa shape index (κ3) is 4.69. The monoisotopic (exact) mass is 288 g/mol. The molecular weight excluding hydrogens is 271 g/mol. The van der Waals surface area contributed by atoms with E-state index in [-0.39, 0.29) is 11.6 Å². The summed E-state index contributed by atoms with van der Waals surface area (Å²) in [6.07, 6.45) is 1.13. The first kappa shape index (κ1) is 15.7. The lowest BCUT2D eigenvalue weighted by Gasteiger charge is -2.29. The van der Waals surface area contributed by atoms with Crippen LogP contribution in [0.3, 0.4) is 0 Å². The van der Waals surface area contributed by atoms with E-state index in [0.29, 0.717) is 18.5 Å². The Bertz CT molecular complexity index is 456. The largest absolute Gasteiger partial charge is 0.396 e. The third-order valence-electron chi connectivity index (χ3n) is 3.04. The standard InChI is InChI=1S/C13H18ClFN2O2/c1-3-13(2,6-7-18)17-12(19)16-9-4-5-10(14)11(15)8-9/h4-5,8,18H,3,6-7H2,1-2H3,(H2,16,17,19). The Morgan fingerprint density at radius 2 is 2.21 bits per heavy atom. The lowest BCUT2D eigenvalue weighted by molar-refractivity contribution is 0.208. The van der Waals surface area contributed by atoms with Gasteiger partial charge in [0.1, 0.15) is 5.82 Å². The number of halogens is 2. The average Bonchev–Trinajstić information content (AvgIpc) is 2.34. The molecule has 0 fully saturated rings. The molecule has 6 heteroatoms. The molecule has 1 aromatic carbocycles. The number of nitrogens with one attached hydrogen (secondary N) is 2. The minimum Gasteiger partial charge on any atom is -0.396 e. The molecule has 0 aliphatic heterocycles. The van der Waals surface area contributed by atoms with E-state index in [0.717, 1.165) is 6.07 Å². The number of aliphatic hydroxyl groups is 1. The van der Waals surface area contributed by atoms with Crippen molar-refractivity contribution in [3.8, 4) is 0 Å². The molecule has 0 radical (unpaired) electrons. The van der Waals surface area contributed by atoms with Gasteiger partial charge in [-0.15, -0.1) is 0 Å². The molecule has 3 N–H and O–H groups in total. The minimum absolute atomic E-state index is 0.00429. The van der Waals surface area contributed by atoms with E-state index in [1.807, 2.05) is 13.8 Å². The van der Waals surface area contributed by atoms with Crippen LogP contribution in [0.25, 0.3) is 0 Å². The summed E-state index contributed by atoms with van der Waals surface area (Å²) in [5.74, 6) is -0.590. The highest BCUT2D eigenvalue weighted by Crippen LogP contribution is 2.19. The first-order valence-electron chi connectivity index (χ1n) is 6.05. The maximum Gasteiger partial charge on any atom is 0.319 e. The van der Waals surface area contributed by atoms with Gasteiger partial charge < -0.3 is 15.7 Å². The molecule has 0 aromatic heterocycles. The van der Waals surface area contributed by atoms with Crippen molar-refractivity contribution in [1.29, 1.82) is 0 Å². The summed E-state index contributed by atoms with van der Waals surface area (Å²) in [5.41, 5.74) is -0.175. The van der Waals surface area contributed by atoms with Gasteiger partial charge in [-0.1, -0.05) is 18.5 Å². The predicted octanol–water partition coefficient (Wildman–Crippen LogP) is 3.15. The zero-order valence-corrected chi connectivity index (χ0v) is 11.7. The van der Waals surface area contributed by atoms with Crippen LogP contribution < -0.4 is 10.6 Å². The molecule has 0 aliphatic rings. The van der Waals surface area contributed by atoms with Crippen LogP contribution in [0.4, 0.5) is 14.9 Å². The highest BCUT2D eigenvalue weighted by atomic mass is 35.5. The number of hydrogen-bond donors (Lipinski definition) is 3. The molecule has 0 bridgehead atoms. The lowest BCUT2D eigenvalue weighted by atomic mass is 9.95. The van der Waals surface area contributed by atoms with Gasteiger partial charge in [0.2, 0.25) is 0 Å². The van der Waals surface area contributed by atoms with E-state index in [4.69, 9.17) is 16.7 Å². The number of rotatable bonds is 5. The van der Waals surface area contributed by atoms with Crippen molar-refractivity contribution in [2.45, 2.75) is 32.2 Å². The van der Waals surface area contributed by atoms with Crippen molar-refractivity contribution in [2.75, 3.05) is 11.9 Å². The first-order chi connectivity index (χ1) is 8.90. The molecule has 1 aromatic rings. The molecule has 0 saturated carbocycles. The lowest BCUT2D eigenvalue weighted by Crippen LogP contribution is -2.48. The summed E-state index contributed by atoms with van der Waals surface area (Å²) in [5, 5.41) is 14.3. The molecule has 106 valence electrons. The van der Waals surface area contributed by atoms with Gasteiger partial charge in [-0.2, -0.15) is 0 Å². The summed E-state index contributed by atoms with van der Waals surface area (Å²) in [6.45, 7) is 3.74. The second-order valence-electron chi connectivity index (χ2n) is 4.60. The van der Waals surface area contributed by atoms with E-state index in [9.17, 15) is 9.18 Å². The van der Waals surface area contributed by atoms with E-state index in [1.165, 1.54) is 12.1 Å². The van der Waals surface area contributed by atoms with Gasteiger partial charge >= 0.3 is 6.03 Å². The molecule has 0 spiro atoms. The van der Waals surface area contributed by atoms with Crippen LogP contribution >= 0.6 is 11.6 Å². The first-order valence-corrected chi connectivity index (χ1v) is 6.43. The van der Waals surface area contributed by atoms with E-state index in [2.05, 4.69) is 10.6 Å². The molecule has 1 rings (SSSR count). The molecule has 4 nitrogen and oxygen atoms in total. The Morgan fingerprint density at radius 1 is 1.53 bits per heavy atom. The number of aliphatic hydroxyl groups excluding tert-OH is 1. The van der Waals surface area contributed by atoms with Crippen LogP contribution in [0.1, 0.15) is 26.7 Å².